The van der Waals surface area contributed by atoms with Gasteiger partial charge in [-0.25, -0.2) is 14.4 Å². The summed E-state index contributed by atoms with van der Waals surface area (Å²) in [5.74, 6) is -1.20. The number of carbonyl (C=O) groups excluding carboxylic acids is 2. The molecule has 4 atom stereocenters. The van der Waals surface area contributed by atoms with Crippen LogP contribution >= 0.6 is 15.9 Å². The molecule has 0 bridgehead atoms. The first kappa shape index (κ1) is 25.3. The average molecular weight is 555 g/mol. The molecule has 0 amide bonds. The summed E-state index contributed by atoms with van der Waals surface area (Å²) in [5, 5.41) is 0. The third-order valence-electron chi connectivity index (χ3n) is 5.75. The minimum absolute atomic E-state index is 0.109. The second-order valence-electron chi connectivity index (χ2n) is 8.08. The highest BCUT2D eigenvalue weighted by Gasteiger charge is 2.57. The average Bonchev–Trinajstić information content (AvgIpc) is 3.14. The van der Waals surface area contributed by atoms with Crippen molar-refractivity contribution in [1.82, 2.24) is 9.55 Å². The number of H-pyrrole nitrogens is 1. The molecule has 0 radical (unpaired) electrons. The lowest BCUT2D eigenvalue weighted by Crippen LogP contribution is -2.49. The molecule has 9 nitrogen and oxygen atoms in total. The Morgan fingerprint density at radius 3 is 2.22 bits per heavy atom. The number of hydrogen-bond acceptors (Lipinski definition) is 7. The number of aromatic amines is 1. The maximum atomic E-state index is 12.9. The summed E-state index contributed by atoms with van der Waals surface area (Å²) in [5.41, 5.74) is -2.06. The zero-order chi connectivity index (χ0) is 25.7. The lowest BCUT2D eigenvalue weighted by atomic mass is 10.0. The van der Waals surface area contributed by atoms with Gasteiger partial charge in [0.25, 0.3) is 5.56 Å². The van der Waals surface area contributed by atoms with Gasteiger partial charge in [0.05, 0.1) is 11.1 Å². The number of carbonyl (C=O) groups is 2. The second-order valence-corrected chi connectivity index (χ2v) is 9.06. The summed E-state index contributed by atoms with van der Waals surface area (Å²) >= 11 is 3.57. The maximum Gasteiger partial charge on any atom is 0.338 e. The van der Waals surface area contributed by atoms with Crippen LogP contribution in [0.15, 0.2) is 95.2 Å². The molecule has 0 aliphatic carbocycles. The third-order valence-corrected chi connectivity index (χ3v) is 6.99. The molecule has 1 aromatic heterocycles. The van der Waals surface area contributed by atoms with Crippen LogP contribution in [0.3, 0.4) is 0 Å². The molecular weight excluding hydrogens is 532 g/mol. The standard InChI is InChI=1S/C26H23BrN2O7/c1-2-14-26(29-15-13-20(30)28-25(29)33)22(27)21(35-24(32)18-11-7-4-8-12-18)19(36-26)16-34-23(31)17-9-5-3-6-10-17/h2-13,15,19,21-22H,1,14,16H2,(H,28,30,33)/t19-,21-,22+,26-/m1/s1. The molecule has 10 heteroatoms. The van der Waals surface area contributed by atoms with E-state index in [0.29, 0.717) is 11.1 Å². The number of benzene rings is 2. The van der Waals surface area contributed by atoms with Crippen molar-refractivity contribution < 1.29 is 23.8 Å². The van der Waals surface area contributed by atoms with Crippen LogP contribution < -0.4 is 11.2 Å². The number of nitrogens with one attached hydrogen (secondary N) is 1. The van der Waals surface area contributed by atoms with E-state index in [1.165, 1.54) is 16.8 Å². The molecule has 36 heavy (non-hydrogen) atoms. The van der Waals surface area contributed by atoms with E-state index in [0.717, 1.165) is 0 Å². The fraction of sp³-hybridized carbons (Fsp3) is 0.231. The van der Waals surface area contributed by atoms with Crippen LogP contribution in [-0.2, 0) is 19.9 Å². The van der Waals surface area contributed by atoms with Crippen molar-refractivity contribution in [3.05, 3.63) is 118 Å². The molecule has 0 saturated carbocycles. The molecule has 186 valence electrons. The van der Waals surface area contributed by atoms with Crippen molar-refractivity contribution in [2.75, 3.05) is 6.61 Å². The van der Waals surface area contributed by atoms with Crippen molar-refractivity contribution in [3.8, 4) is 0 Å². The van der Waals surface area contributed by atoms with Gasteiger partial charge >= 0.3 is 17.6 Å². The van der Waals surface area contributed by atoms with Gasteiger partial charge in [0.15, 0.2) is 5.72 Å². The van der Waals surface area contributed by atoms with Crippen molar-refractivity contribution >= 4 is 27.9 Å². The minimum atomic E-state index is -1.44. The number of hydrogen-bond donors (Lipinski definition) is 1. The van der Waals surface area contributed by atoms with Gasteiger partial charge in [-0.3, -0.25) is 14.3 Å². The zero-order valence-electron chi connectivity index (χ0n) is 19.0. The van der Waals surface area contributed by atoms with Gasteiger partial charge in [0.1, 0.15) is 23.6 Å². The lowest BCUT2D eigenvalue weighted by molar-refractivity contribution is -0.118. The van der Waals surface area contributed by atoms with Gasteiger partial charge in [-0.05, 0) is 24.3 Å². The summed E-state index contributed by atoms with van der Waals surface area (Å²) in [6, 6.07) is 18.0. The maximum absolute atomic E-state index is 12.9. The van der Waals surface area contributed by atoms with E-state index in [9.17, 15) is 19.2 Å². The SMILES string of the molecule is C=CC[C@@]1(n2ccc(=O)[nH]c2=O)O[C@H](COC(=O)c2ccccc2)[C@@H](OC(=O)c2ccccc2)[C@@H]1Br. The molecule has 4 rings (SSSR count). The molecule has 1 aliphatic rings. The van der Waals surface area contributed by atoms with Crippen LogP contribution in [0, 0.1) is 0 Å². The first-order chi connectivity index (χ1) is 17.4. The van der Waals surface area contributed by atoms with Crippen LogP contribution in [0.4, 0.5) is 0 Å². The molecule has 3 aromatic rings. The van der Waals surface area contributed by atoms with Crippen molar-refractivity contribution in [1.29, 1.82) is 0 Å². The van der Waals surface area contributed by atoms with Gasteiger partial charge in [-0.15, -0.1) is 6.58 Å². The summed E-state index contributed by atoms with van der Waals surface area (Å²) in [6.07, 6.45) is 1.03. The summed E-state index contributed by atoms with van der Waals surface area (Å²) in [6.45, 7) is 3.50. The minimum Gasteiger partial charge on any atom is -0.459 e. The predicted molar refractivity (Wildman–Crippen MR) is 134 cm³/mol. The van der Waals surface area contributed by atoms with E-state index in [4.69, 9.17) is 14.2 Å². The number of aromatic nitrogens is 2. The quantitative estimate of drug-likeness (QED) is 0.258. The Morgan fingerprint density at radius 2 is 1.64 bits per heavy atom. The highest BCUT2D eigenvalue weighted by Crippen LogP contribution is 2.44. The molecular formula is C26H23BrN2O7. The monoisotopic (exact) mass is 554 g/mol. The highest BCUT2D eigenvalue weighted by molar-refractivity contribution is 9.09. The molecule has 2 heterocycles. The Kier molecular flexibility index (Phi) is 7.66. The van der Waals surface area contributed by atoms with Gasteiger partial charge < -0.3 is 14.2 Å². The van der Waals surface area contributed by atoms with E-state index < -0.39 is 45.9 Å². The molecule has 1 aliphatic heterocycles. The largest absolute Gasteiger partial charge is 0.459 e. The van der Waals surface area contributed by atoms with Crippen LogP contribution in [0.5, 0.6) is 0 Å². The number of rotatable bonds is 8. The van der Waals surface area contributed by atoms with E-state index >= 15 is 0 Å². The molecule has 1 fully saturated rings. The molecule has 0 spiro atoms. The number of halogens is 1. The van der Waals surface area contributed by atoms with Gasteiger partial charge in [0.2, 0.25) is 0 Å². The lowest BCUT2D eigenvalue weighted by Gasteiger charge is -2.33. The summed E-state index contributed by atoms with van der Waals surface area (Å²) in [7, 11) is 0. The van der Waals surface area contributed by atoms with Crippen LogP contribution in [0.2, 0.25) is 0 Å². The number of esters is 2. The van der Waals surface area contributed by atoms with Gasteiger partial charge in [-0.1, -0.05) is 58.4 Å². The van der Waals surface area contributed by atoms with Crippen LogP contribution in [0.1, 0.15) is 27.1 Å². The van der Waals surface area contributed by atoms with E-state index in [2.05, 4.69) is 27.5 Å². The molecule has 1 saturated heterocycles. The Balaban J connectivity index is 1.68. The van der Waals surface area contributed by atoms with Gasteiger partial charge in [0, 0.05) is 18.7 Å². The fourth-order valence-corrected chi connectivity index (χ4v) is 5.02. The topological polar surface area (TPSA) is 117 Å². The molecule has 1 N–H and O–H groups in total. The summed E-state index contributed by atoms with van der Waals surface area (Å²) < 4.78 is 18.8. The van der Waals surface area contributed by atoms with Crippen molar-refractivity contribution in [2.24, 2.45) is 0 Å². The number of nitrogens with zero attached hydrogens (tertiary/aromatic N) is 1. The fourth-order valence-electron chi connectivity index (χ4n) is 4.06. The van der Waals surface area contributed by atoms with E-state index in [1.54, 1.807) is 66.7 Å². The van der Waals surface area contributed by atoms with E-state index in [1.807, 2.05) is 0 Å². The van der Waals surface area contributed by atoms with E-state index in [-0.39, 0.29) is 13.0 Å². The third kappa shape index (κ3) is 5.09. The number of alkyl halides is 1. The Morgan fingerprint density at radius 1 is 1.03 bits per heavy atom. The number of ether oxygens (including phenoxy) is 3. The second kappa shape index (κ2) is 10.9. The Hall–Kier alpha value is -3.76. The van der Waals surface area contributed by atoms with Crippen molar-refractivity contribution in [2.45, 2.75) is 29.2 Å². The summed E-state index contributed by atoms with van der Waals surface area (Å²) in [4.78, 5) is 51.3. The zero-order valence-corrected chi connectivity index (χ0v) is 20.6. The van der Waals surface area contributed by atoms with Crippen LogP contribution in [-0.4, -0.2) is 45.1 Å². The Labute approximate surface area is 214 Å². The normalized spacial score (nSPS) is 23.1. The van der Waals surface area contributed by atoms with Crippen LogP contribution in [0.25, 0.3) is 0 Å². The Bertz CT molecular complexity index is 1360. The smallest absolute Gasteiger partial charge is 0.338 e. The molecule has 2 aromatic carbocycles. The molecule has 0 unspecified atom stereocenters. The predicted octanol–water partition coefficient (Wildman–Crippen LogP) is 3.01. The van der Waals surface area contributed by atoms with Crippen molar-refractivity contribution in [3.63, 3.8) is 0 Å². The highest BCUT2D eigenvalue weighted by atomic mass is 79.9. The first-order valence-electron chi connectivity index (χ1n) is 11.1. The van der Waals surface area contributed by atoms with Gasteiger partial charge in [-0.2, -0.15) is 0 Å². The first-order valence-corrected chi connectivity index (χ1v) is 12.0.